The van der Waals surface area contributed by atoms with Gasteiger partial charge in [0.1, 0.15) is 0 Å². The molecule has 0 aromatic rings. The maximum atomic E-state index is 3.53. The van der Waals surface area contributed by atoms with Crippen LogP contribution < -0.4 is 5.32 Å². The van der Waals surface area contributed by atoms with E-state index < -0.39 is 0 Å². The molecule has 2 aliphatic rings. The fraction of sp³-hybridized carbons (Fsp3) is 1.00. The first-order valence-corrected chi connectivity index (χ1v) is 5.80. The van der Waals surface area contributed by atoms with Crippen molar-refractivity contribution in [1.82, 2.24) is 15.1 Å². The van der Waals surface area contributed by atoms with Crippen LogP contribution in [-0.2, 0) is 0 Å². The quantitative estimate of drug-likeness (QED) is 0.690. The lowest BCUT2D eigenvalue weighted by molar-refractivity contribution is 0.184. The van der Waals surface area contributed by atoms with Gasteiger partial charge in [-0.3, -0.25) is 4.90 Å². The summed E-state index contributed by atoms with van der Waals surface area (Å²) in [6.07, 6.45) is 2.66. The Kier molecular flexibility index (Phi) is 3.10. The Morgan fingerprint density at radius 2 is 2.14 bits per heavy atom. The molecular weight excluding hydrogens is 174 g/mol. The highest BCUT2D eigenvalue weighted by Crippen LogP contribution is 2.19. The smallest absolute Gasteiger partial charge is 0.0235 e. The van der Waals surface area contributed by atoms with Crippen LogP contribution in [0.2, 0.25) is 0 Å². The molecule has 0 amide bonds. The largest absolute Gasteiger partial charge is 0.313 e. The van der Waals surface area contributed by atoms with Crippen molar-refractivity contribution >= 4 is 0 Å². The van der Waals surface area contributed by atoms with Gasteiger partial charge < -0.3 is 10.2 Å². The van der Waals surface area contributed by atoms with E-state index in [1.54, 1.807) is 0 Å². The Balaban J connectivity index is 1.85. The predicted octanol–water partition coefficient (Wildman–Crippen LogP) is 0.373. The van der Waals surface area contributed by atoms with Crippen LogP contribution in [0.4, 0.5) is 0 Å². The second-order valence-electron chi connectivity index (χ2n) is 5.07. The van der Waals surface area contributed by atoms with Gasteiger partial charge in [0.15, 0.2) is 0 Å². The van der Waals surface area contributed by atoms with Crippen LogP contribution in [0.1, 0.15) is 19.8 Å². The van der Waals surface area contributed by atoms with Gasteiger partial charge >= 0.3 is 0 Å². The van der Waals surface area contributed by atoms with Crippen LogP contribution in [0.15, 0.2) is 0 Å². The molecule has 3 heteroatoms. The summed E-state index contributed by atoms with van der Waals surface area (Å²) in [5.41, 5.74) is 0. The van der Waals surface area contributed by atoms with Gasteiger partial charge in [0.05, 0.1) is 0 Å². The summed E-state index contributed by atoms with van der Waals surface area (Å²) in [6, 6.07) is 2.26. The number of likely N-dealkylation sites (tertiary alicyclic amines) is 1. The number of likely N-dealkylation sites (N-methyl/N-ethyl adjacent to an activating group) is 2. The van der Waals surface area contributed by atoms with E-state index in [1.165, 1.54) is 32.5 Å². The third kappa shape index (κ3) is 2.10. The van der Waals surface area contributed by atoms with Crippen molar-refractivity contribution in [2.45, 2.75) is 37.9 Å². The van der Waals surface area contributed by atoms with Crippen LogP contribution in [0, 0.1) is 0 Å². The van der Waals surface area contributed by atoms with E-state index in [-0.39, 0.29) is 0 Å². The summed E-state index contributed by atoms with van der Waals surface area (Å²) in [5, 5.41) is 3.53. The molecule has 0 bridgehead atoms. The number of rotatable bonds is 2. The molecule has 2 aliphatic heterocycles. The molecule has 2 rings (SSSR count). The normalized spacial score (nSPS) is 39.9. The van der Waals surface area contributed by atoms with Crippen molar-refractivity contribution in [3.63, 3.8) is 0 Å². The van der Waals surface area contributed by atoms with E-state index in [0.29, 0.717) is 6.04 Å². The van der Waals surface area contributed by atoms with E-state index in [0.717, 1.165) is 12.1 Å². The van der Waals surface area contributed by atoms with E-state index in [2.05, 4.69) is 36.1 Å². The summed E-state index contributed by atoms with van der Waals surface area (Å²) in [4.78, 5) is 5.03. The molecule has 0 saturated carbocycles. The Morgan fingerprint density at radius 1 is 1.36 bits per heavy atom. The zero-order chi connectivity index (χ0) is 10.1. The van der Waals surface area contributed by atoms with Gasteiger partial charge in [-0.1, -0.05) is 0 Å². The molecule has 3 nitrogen and oxygen atoms in total. The number of hydrogen-bond donors (Lipinski definition) is 1. The highest BCUT2D eigenvalue weighted by Gasteiger charge is 2.31. The van der Waals surface area contributed by atoms with Gasteiger partial charge in [-0.15, -0.1) is 0 Å². The molecule has 1 N–H and O–H groups in total. The fourth-order valence-electron chi connectivity index (χ4n) is 2.76. The van der Waals surface area contributed by atoms with Gasteiger partial charge in [0, 0.05) is 31.2 Å². The summed E-state index contributed by atoms with van der Waals surface area (Å²) in [6.45, 7) is 5.98. The van der Waals surface area contributed by atoms with Crippen molar-refractivity contribution < 1.29 is 0 Å². The first-order valence-electron chi connectivity index (χ1n) is 5.80. The highest BCUT2D eigenvalue weighted by molar-refractivity contribution is 4.90. The van der Waals surface area contributed by atoms with E-state index >= 15 is 0 Å². The van der Waals surface area contributed by atoms with E-state index in [1.807, 2.05) is 0 Å². The average Bonchev–Trinajstić information content (AvgIpc) is 2.73. The maximum Gasteiger partial charge on any atom is 0.0235 e. The molecule has 0 aromatic heterocycles. The monoisotopic (exact) mass is 197 g/mol. The SMILES string of the molecule is CC1CC(N(C)C2CCN(C)C2)CN1. The fourth-order valence-corrected chi connectivity index (χ4v) is 2.76. The summed E-state index contributed by atoms with van der Waals surface area (Å²) >= 11 is 0. The molecule has 2 fully saturated rings. The molecule has 2 heterocycles. The van der Waals surface area contributed by atoms with Crippen LogP contribution in [0.3, 0.4) is 0 Å². The van der Waals surface area contributed by atoms with E-state index in [9.17, 15) is 0 Å². The first kappa shape index (κ1) is 10.4. The van der Waals surface area contributed by atoms with Gasteiger partial charge in [0.25, 0.3) is 0 Å². The molecule has 0 aliphatic carbocycles. The molecule has 82 valence electrons. The second-order valence-corrected chi connectivity index (χ2v) is 5.07. The van der Waals surface area contributed by atoms with Crippen LogP contribution in [0.5, 0.6) is 0 Å². The standard InChI is InChI=1S/C11H23N3/c1-9-6-11(7-12-9)14(3)10-4-5-13(2)8-10/h9-12H,4-8H2,1-3H3. The van der Waals surface area contributed by atoms with Crippen LogP contribution in [-0.4, -0.2) is 61.7 Å². The van der Waals surface area contributed by atoms with Crippen molar-refractivity contribution in [3.05, 3.63) is 0 Å². The molecular formula is C11H23N3. The minimum Gasteiger partial charge on any atom is -0.313 e. The molecule has 0 spiro atoms. The summed E-state index contributed by atoms with van der Waals surface area (Å²) in [5.74, 6) is 0. The minimum absolute atomic E-state index is 0.710. The minimum atomic E-state index is 0.710. The molecule has 0 aromatic carbocycles. The van der Waals surface area contributed by atoms with E-state index in [4.69, 9.17) is 0 Å². The van der Waals surface area contributed by atoms with Gasteiger partial charge in [0.2, 0.25) is 0 Å². The lowest BCUT2D eigenvalue weighted by Crippen LogP contribution is -2.42. The Bertz CT molecular complexity index is 175. The molecule has 3 atom stereocenters. The van der Waals surface area contributed by atoms with Crippen molar-refractivity contribution in [1.29, 1.82) is 0 Å². The summed E-state index contributed by atoms with van der Waals surface area (Å²) < 4.78 is 0. The van der Waals surface area contributed by atoms with Crippen molar-refractivity contribution in [2.24, 2.45) is 0 Å². The molecule has 14 heavy (non-hydrogen) atoms. The number of nitrogens with one attached hydrogen (secondary N) is 1. The van der Waals surface area contributed by atoms with Crippen LogP contribution in [0.25, 0.3) is 0 Å². The highest BCUT2D eigenvalue weighted by atomic mass is 15.3. The third-order valence-corrected chi connectivity index (χ3v) is 3.85. The predicted molar refractivity (Wildman–Crippen MR) is 59.5 cm³/mol. The molecule has 3 unspecified atom stereocenters. The summed E-state index contributed by atoms with van der Waals surface area (Å²) in [7, 11) is 4.53. The van der Waals surface area contributed by atoms with Crippen molar-refractivity contribution in [3.8, 4) is 0 Å². The zero-order valence-electron chi connectivity index (χ0n) is 9.66. The average molecular weight is 197 g/mol. The van der Waals surface area contributed by atoms with Crippen LogP contribution >= 0.6 is 0 Å². The lowest BCUT2D eigenvalue weighted by atomic mass is 10.1. The molecule has 2 saturated heterocycles. The Hall–Kier alpha value is -0.120. The van der Waals surface area contributed by atoms with Gasteiger partial charge in [-0.2, -0.15) is 0 Å². The lowest BCUT2D eigenvalue weighted by Gasteiger charge is -2.29. The molecule has 0 radical (unpaired) electrons. The maximum absolute atomic E-state index is 3.53. The second kappa shape index (κ2) is 4.17. The number of hydrogen-bond acceptors (Lipinski definition) is 3. The topological polar surface area (TPSA) is 18.5 Å². The zero-order valence-corrected chi connectivity index (χ0v) is 9.66. The van der Waals surface area contributed by atoms with Gasteiger partial charge in [-0.25, -0.2) is 0 Å². The Morgan fingerprint density at radius 3 is 2.64 bits per heavy atom. The van der Waals surface area contributed by atoms with Crippen molar-refractivity contribution in [2.75, 3.05) is 33.7 Å². The Labute approximate surface area is 87.4 Å². The number of nitrogens with zero attached hydrogens (tertiary/aromatic N) is 2. The first-order chi connectivity index (χ1) is 6.66. The van der Waals surface area contributed by atoms with Gasteiger partial charge in [-0.05, 0) is 40.4 Å². The third-order valence-electron chi connectivity index (χ3n) is 3.85.